The molecule has 170 valence electrons. The first kappa shape index (κ1) is 22.8. The van der Waals surface area contributed by atoms with Gasteiger partial charge < -0.3 is 4.74 Å². The molecule has 2 aromatic carbocycles. The first-order valence-corrected chi connectivity index (χ1v) is 11.3. The number of halogens is 1. The van der Waals surface area contributed by atoms with Crippen molar-refractivity contribution >= 4 is 52.5 Å². The Morgan fingerprint density at radius 3 is 2.48 bits per heavy atom. The van der Waals surface area contributed by atoms with Gasteiger partial charge in [0.25, 0.3) is 11.6 Å². The van der Waals surface area contributed by atoms with Gasteiger partial charge in [0.2, 0.25) is 5.91 Å². The maximum absolute atomic E-state index is 13.1. The minimum atomic E-state index is -0.774. The molecule has 2 aliphatic rings. The van der Waals surface area contributed by atoms with E-state index in [9.17, 15) is 24.5 Å². The monoisotopic (exact) mass is 487 g/mol. The lowest BCUT2D eigenvalue weighted by Crippen LogP contribution is -2.71. The quantitative estimate of drug-likeness (QED) is 0.265. The fourth-order valence-corrected chi connectivity index (χ4v) is 5.30. The van der Waals surface area contributed by atoms with Crippen molar-refractivity contribution in [1.82, 2.24) is 4.90 Å². The number of hydrogen-bond donors (Lipinski definition) is 0. The number of hydrogen-bond acceptors (Lipinski definition) is 7. The number of amides is 2. The number of β-lactam (4-membered cyclic amide) rings is 1. The molecule has 0 aromatic heterocycles. The average molecular weight is 488 g/mol. The standard InChI is InChI=1S/C22H18ClN3O6S/c1-13(27)24(15-5-3-2-4-6-15)19-20(28)25-18(17(23)12-33-21(19)25)22(29)32-11-14-7-9-16(10-8-14)26(30)31/h2-10,19,21H,11-12H2,1H3/t19?,21-/m0/s1. The molecule has 2 aromatic rings. The number of non-ortho nitro benzene ring substituents is 1. The molecule has 0 bridgehead atoms. The van der Waals surface area contributed by atoms with Gasteiger partial charge in [-0.3, -0.25) is 29.5 Å². The fourth-order valence-electron chi connectivity index (χ4n) is 3.71. The Morgan fingerprint density at radius 2 is 1.88 bits per heavy atom. The smallest absolute Gasteiger partial charge is 0.356 e. The van der Waals surface area contributed by atoms with E-state index in [1.807, 2.05) is 6.07 Å². The zero-order valence-corrected chi connectivity index (χ0v) is 18.9. The van der Waals surface area contributed by atoms with Crippen LogP contribution in [0.5, 0.6) is 0 Å². The number of para-hydroxylation sites is 1. The number of thioether (sulfide) groups is 1. The van der Waals surface area contributed by atoms with E-state index in [-0.39, 0.29) is 34.7 Å². The molecule has 0 saturated carbocycles. The summed E-state index contributed by atoms with van der Waals surface area (Å²) in [5.74, 6) is -1.20. The zero-order valence-electron chi connectivity index (χ0n) is 17.3. The molecule has 0 spiro atoms. The van der Waals surface area contributed by atoms with E-state index in [0.717, 1.165) is 0 Å². The Kier molecular flexibility index (Phi) is 6.39. The summed E-state index contributed by atoms with van der Waals surface area (Å²) in [5, 5.41) is 10.5. The van der Waals surface area contributed by atoms with Crippen LogP contribution in [0.2, 0.25) is 0 Å². The molecule has 33 heavy (non-hydrogen) atoms. The molecule has 2 heterocycles. The van der Waals surface area contributed by atoms with Crippen LogP contribution in [-0.4, -0.2) is 44.8 Å². The van der Waals surface area contributed by atoms with Crippen LogP contribution in [0.4, 0.5) is 11.4 Å². The largest absolute Gasteiger partial charge is 0.456 e. The predicted molar refractivity (Wildman–Crippen MR) is 122 cm³/mol. The van der Waals surface area contributed by atoms with Gasteiger partial charge in [-0.05, 0) is 29.8 Å². The van der Waals surface area contributed by atoms with Crippen molar-refractivity contribution in [2.45, 2.75) is 24.9 Å². The average Bonchev–Trinajstić information content (AvgIpc) is 2.81. The number of nitro benzene ring substituents is 1. The molecule has 0 N–H and O–H groups in total. The summed E-state index contributed by atoms with van der Waals surface area (Å²) < 4.78 is 5.33. The van der Waals surface area contributed by atoms with Gasteiger partial charge in [-0.15, -0.1) is 11.8 Å². The zero-order chi connectivity index (χ0) is 23.7. The Labute approximate surface area is 198 Å². The highest BCUT2D eigenvalue weighted by molar-refractivity contribution is 8.00. The summed E-state index contributed by atoms with van der Waals surface area (Å²) in [4.78, 5) is 51.2. The van der Waals surface area contributed by atoms with Crippen LogP contribution in [0.1, 0.15) is 12.5 Å². The van der Waals surface area contributed by atoms with Crippen LogP contribution in [0.25, 0.3) is 0 Å². The van der Waals surface area contributed by atoms with E-state index in [4.69, 9.17) is 16.3 Å². The Bertz CT molecular complexity index is 1150. The number of ether oxygens (including phenoxy) is 1. The molecule has 2 amide bonds. The first-order valence-electron chi connectivity index (χ1n) is 9.88. The summed E-state index contributed by atoms with van der Waals surface area (Å²) in [6.45, 7) is 1.25. The number of carbonyl (C=O) groups excluding carboxylic acids is 3. The van der Waals surface area contributed by atoms with Crippen LogP contribution in [0.15, 0.2) is 65.3 Å². The predicted octanol–water partition coefficient (Wildman–Crippen LogP) is 3.43. The molecule has 9 nitrogen and oxygen atoms in total. The van der Waals surface area contributed by atoms with Gasteiger partial charge in [-0.2, -0.15) is 0 Å². The molecule has 1 unspecified atom stereocenters. The van der Waals surface area contributed by atoms with E-state index >= 15 is 0 Å². The van der Waals surface area contributed by atoms with Crippen molar-refractivity contribution in [3.05, 3.63) is 81.0 Å². The molecular formula is C22H18ClN3O6S. The van der Waals surface area contributed by atoms with Gasteiger partial charge in [0.15, 0.2) is 0 Å². The summed E-state index contributed by atoms with van der Waals surface area (Å²) >= 11 is 7.65. The summed E-state index contributed by atoms with van der Waals surface area (Å²) in [6, 6.07) is 13.7. The third-order valence-electron chi connectivity index (χ3n) is 5.26. The highest BCUT2D eigenvalue weighted by atomic mass is 35.5. The second-order valence-corrected chi connectivity index (χ2v) is 8.89. The lowest BCUT2D eigenvalue weighted by molar-refractivity contribution is -0.384. The molecule has 4 rings (SSSR count). The molecule has 2 atom stereocenters. The maximum atomic E-state index is 13.1. The lowest BCUT2D eigenvalue weighted by atomic mass is 10.0. The normalized spacial score (nSPS) is 19.5. The number of anilines is 1. The fraction of sp³-hybridized carbons (Fsp3) is 0.227. The van der Waals surface area contributed by atoms with Gasteiger partial charge in [0.05, 0.1) is 9.96 Å². The van der Waals surface area contributed by atoms with Gasteiger partial charge in [0.1, 0.15) is 23.7 Å². The van der Waals surface area contributed by atoms with E-state index < -0.39 is 28.2 Å². The molecule has 0 radical (unpaired) electrons. The highest BCUT2D eigenvalue weighted by Gasteiger charge is 2.57. The van der Waals surface area contributed by atoms with E-state index in [1.54, 1.807) is 24.3 Å². The SMILES string of the molecule is CC(=O)N(c1ccccc1)C1C(=O)N2C(C(=O)OCc3ccc([N+](=O)[O-])cc3)=C(Cl)CS[C@@H]12. The molecule has 0 aliphatic carbocycles. The molecule has 2 aliphatic heterocycles. The van der Waals surface area contributed by atoms with Crippen molar-refractivity contribution in [3.63, 3.8) is 0 Å². The Balaban J connectivity index is 1.50. The van der Waals surface area contributed by atoms with Crippen LogP contribution in [-0.2, 0) is 25.7 Å². The minimum Gasteiger partial charge on any atom is -0.456 e. The van der Waals surface area contributed by atoms with Crippen LogP contribution < -0.4 is 4.90 Å². The maximum Gasteiger partial charge on any atom is 0.356 e. The van der Waals surface area contributed by atoms with Crippen molar-refractivity contribution in [3.8, 4) is 0 Å². The minimum absolute atomic E-state index is 0.0415. The number of carbonyl (C=O) groups is 3. The van der Waals surface area contributed by atoms with E-state index in [1.165, 1.54) is 52.8 Å². The van der Waals surface area contributed by atoms with Crippen LogP contribution in [0, 0.1) is 10.1 Å². The first-order chi connectivity index (χ1) is 15.8. The van der Waals surface area contributed by atoms with Crippen molar-refractivity contribution in [2.75, 3.05) is 10.7 Å². The third-order valence-corrected chi connectivity index (χ3v) is 6.99. The number of nitro groups is 1. The van der Waals surface area contributed by atoms with Gasteiger partial charge in [-0.1, -0.05) is 29.8 Å². The molecule has 1 saturated heterocycles. The van der Waals surface area contributed by atoms with E-state index in [2.05, 4.69) is 0 Å². The van der Waals surface area contributed by atoms with Gasteiger partial charge in [0, 0.05) is 30.5 Å². The third kappa shape index (κ3) is 4.31. The van der Waals surface area contributed by atoms with Gasteiger partial charge in [-0.25, -0.2) is 4.79 Å². The number of benzene rings is 2. The summed E-state index contributed by atoms with van der Waals surface area (Å²) in [7, 11) is 0. The molecule has 1 fully saturated rings. The van der Waals surface area contributed by atoms with Crippen molar-refractivity contribution in [2.24, 2.45) is 0 Å². The van der Waals surface area contributed by atoms with Crippen LogP contribution in [0.3, 0.4) is 0 Å². The number of nitrogens with zero attached hydrogens (tertiary/aromatic N) is 3. The summed E-state index contributed by atoms with van der Waals surface area (Å²) in [5.41, 5.74) is 1.02. The second kappa shape index (κ2) is 9.24. The number of rotatable bonds is 6. The number of esters is 1. The topological polar surface area (TPSA) is 110 Å². The summed E-state index contributed by atoms with van der Waals surface area (Å²) in [6.07, 6.45) is 0. The highest BCUT2D eigenvalue weighted by Crippen LogP contribution is 2.44. The van der Waals surface area contributed by atoms with Crippen molar-refractivity contribution in [1.29, 1.82) is 0 Å². The lowest BCUT2D eigenvalue weighted by Gasteiger charge is -2.52. The molecular weight excluding hydrogens is 470 g/mol. The van der Waals surface area contributed by atoms with Gasteiger partial charge >= 0.3 is 5.97 Å². The Hall–Kier alpha value is -3.37. The van der Waals surface area contributed by atoms with E-state index in [0.29, 0.717) is 11.3 Å². The van der Waals surface area contributed by atoms with Crippen LogP contribution >= 0.6 is 23.4 Å². The van der Waals surface area contributed by atoms with Crippen molar-refractivity contribution < 1.29 is 24.0 Å². The number of fused-ring (bicyclic) bond motifs is 1. The Morgan fingerprint density at radius 1 is 1.21 bits per heavy atom. The molecule has 11 heteroatoms. The second-order valence-electron chi connectivity index (χ2n) is 7.33.